The van der Waals surface area contributed by atoms with Crippen LogP contribution in [0.4, 0.5) is 5.82 Å². The van der Waals surface area contributed by atoms with E-state index in [0.29, 0.717) is 21.5 Å². The van der Waals surface area contributed by atoms with E-state index < -0.39 is 0 Å². The maximum atomic E-state index is 6.19. The van der Waals surface area contributed by atoms with Crippen molar-refractivity contribution in [3.8, 4) is 17.0 Å². The van der Waals surface area contributed by atoms with Gasteiger partial charge < -0.3 is 10.5 Å². The second kappa shape index (κ2) is 5.68. The molecule has 0 atom stereocenters. The number of rotatable bonds is 3. The molecule has 0 amide bonds. The number of para-hydroxylation sites is 1. The molecule has 2 N–H and O–H groups in total. The van der Waals surface area contributed by atoms with E-state index in [2.05, 4.69) is 4.98 Å². The third kappa shape index (κ3) is 3.11. The Morgan fingerprint density at radius 3 is 2.53 bits per heavy atom. The molecule has 0 fully saturated rings. The molecule has 100 valence electrons. The Morgan fingerprint density at radius 1 is 1.16 bits per heavy atom. The zero-order chi connectivity index (χ0) is 14.0. The number of pyridine rings is 1. The van der Waals surface area contributed by atoms with Crippen molar-refractivity contribution in [1.29, 1.82) is 0 Å². The molecule has 1 aromatic carbocycles. The van der Waals surface area contributed by atoms with Gasteiger partial charge >= 0.3 is 0 Å². The van der Waals surface area contributed by atoms with E-state index in [9.17, 15) is 0 Å². The molecule has 1 aromatic heterocycles. The van der Waals surface area contributed by atoms with E-state index in [4.69, 9.17) is 33.7 Å². The van der Waals surface area contributed by atoms with E-state index in [0.717, 1.165) is 5.56 Å². The molecule has 0 unspecified atom stereocenters. The number of nitrogen functional groups attached to an aromatic ring is 1. The number of ether oxygens (including phenoxy) is 1. The lowest BCUT2D eigenvalue weighted by Crippen LogP contribution is -2.07. The molecule has 3 nitrogen and oxygen atoms in total. The summed E-state index contributed by atoms with van der Waals surface area (Å²) < 4.78 is 5.75. The summed E-state index contributed by atoms with van der Waals surface area (Å²) in [6.07, 6.45) is 0.0598. The summed E-state index contributed by atoms with van der Waals surface area (Å²) in [6, 6.07) is 9.14. The van der Waals surface area contributed by atoms with Crippen LogP contribution in [0.1, 0.15) is 13.8 Å². The molecule has 2 rings (SSSR count). The SMILES string of the molecule is CC(C)Oc1ccccc1-c1nc(N)c(Cl)cc1Cl. The van der Waals surface area contributed by atoms with Crippen LogP contribution in [-0.2, 0) is 0 Å². The molecule has 1 heterocycles. The van der Waals surface area contributed by atoms with Crippen LogP contribution in [0.3, 0.4) is 0 Å². The van der Waals surface area contributed by atoms with Gasteiger partial charge in [-0.25, -0.2) is 4.98 Å². The molecule has 0 aliphatic heterocycles. The first kappa shape index (κ1) is 14.0. The fourth-order valence-electron chi connectivity index (χ4n) is 1.69. The predicted molar refractivity (Wildman–Crippen MR) is 79.9 cm³/mol. The molecule has 19 heavy (non-hydrogen) atoms. The molecular formula is C14H14Cl2N2O. The molecule has 0 aliphatic rings. The molecule has 0 bridgehead atoms. The average Bonchev–Trinajstić information content (AvgIpc) is 2.34. The van der Waals surface area contributed by atoms with E-state index in [-0.39, 0.29) is 11.9 Å². The quantitative estimate of drug-likeness (QED) is 0.912. The van der Waals surface area contributed by atoms with E-state index >= 15 is 0 Å². The number of anilines is 1. The number of benzene rings is 1. The van der Waals surface area contributed by atoms with Gasteiger partial charge in [0.2, 0.25) is 0 Å². The van der Waals surface area contributed by atoms with Gasteiger partial charge in [0.05, 0.1) is 21.8 Å². The van der Waals surface area contributed by atoms with Gasteiger partial charge in [0.25, 0.3) is 0 Å². The van der Waals surface area contributed by atoms with Gasteiger partial charge in [-0.3, -0.25) is 0 Å². The van der Waals surface area contributed by atoms with Gasteiger partial charge in [-0.05, 0) is 32.0 Å². The molecule has 2 aromatic rings. The first-order valence-corrected chi connectivity index (χ1v) is 6.62. The van der Waals surface area contributed by atoms with Gasteiger partial charge in [-0.15, -0.1) is 0 Å². The van der Waals surface area contributed by atoms with Crippen molar-refractivity contribution in [3.63, 3.8) is 0 Å². The van der Waals surface area contributed by atoms with Crippen molar-refractivity contribution < 1.29 is 4.74 Å². The van der Waals surface area contributed by atoms with Gasteiger partial charge in [-0.2, -0.15) is 0 Å². The molecule has 0 radical (unpaired) electrons. The fourth-order valence-corrected chi connectivity index (χ4v) is 2.15. The van der Waals surface area contributed by atoms with Gasteiger partial charge in [0, 0.05) is 5.56 Å². The van der Waals surface area contributed by atoms with Crippen molar-refractivity contribution in [2.75, 3.05) is 5.73 Å². The van der Waals surface area contributed by atoms with Crippen LogP contribution in [0.2, 0.25) is 10.0 Å². The smallest absolute Gasteiger partial charge is 0.143 e. The molecular weight excluding hydrogens is 283 g/mol. The Morgan fingerprint density at radius 2 is 1.84 bits per heavy atom. The third-order valence-corrected chi connectivity index (χ3v) is 3.05. The summed E-state index contributed by atoms with van der Waals surface area (Å²) in [4.78, 5) is 4.24. The van der Waals surface area contributed by atoms with Crippen LogP contribution in [0.25, 0.3) is 11.3 Å². The van der Waals surface area contributed by atoms with Gasteiger partial charge in [-0.1, -0.05) is 35.3 Å². The predicted octanol–water partition coefficient (Wildman–Crippen LogP) is 4.42. The van der Waals surface area contributed by atoms with E-state index in [1.54, 1.807) is 6.07 Å². The maximum absolute atomic E-state index is 6.19. The van der Waals surface area contributed by atoms with Crippen molar-refractivity contribution in [2.45, 2.75) is 20.0 Å². The summed E-state index contributed by atoms with van der Waals surface area (Å²) in [5.41, 5.74) is 7.10. The summed E-state index contributed by atoms with van der Waals surface area (Å²) in [7, 11) is 0. The number of hydrogen-bond acceptors (Lipinski definition) is 3. The molecule has 0 saturated heterocycles. The van der Waals surface area contributed by atoms with Crippen LogP contribution < -0.4 is 10.5 Å². The number of nitrogens with zero attached hydrogens (tertiary/aromatic N) is 1. The summed E-state index contributed by atoms with van der Waals surface area (Å²) in [5.74, 6) is 0.967. The Balaban J connectivity index is 2.56. The minimum Gasteiger partial charge on any atom is -0.490 e. The van der Waals surface area contributed by atoms with Crippen LogP contribution >= 0.6 is 23.2 Å². The first-order chi connectivity index (χ1) is 8.99. The standard InChI is InChI=1S/C14H14Cl2N2O/c1-8(2)19-12-6-4-3-5-9(12)13-10(15)7-11(16)14(17)18-13/h3-8H,1-2H3,(H2,17,18). The van der Waals surface area contributed by atoms with E-state index in [1.807, 2.05) is 38.1 Å². The van der Waals surface area contributed by atoms with Crippen LogP contribution in [-0.4, -0.2) is 11.1 Å². The number of hydrogen-bond donors (Lipinski definition) is 1. The highest BCUT2D eigenvalue weighted by Crippen LogP contribution is 2.36. The summed E-state index contributed by atoms with van der Waals surface area (Å²) in [5, 5.41) is 0.787. The minimum absolute atomic E-state index is 0.0598. The molecule has 5 heteroatoms. The lowest BCUT2D eigenvalue weighted by molar-refractivity contribution is 0.243. The normalized spacial score (nSPS) is 10.8. The largest absolute Gasteiger partial charge is 0.490 e. The van der Waals surface area contributed by atoms with Crippen LogP contribution in [0, 0.1) is 0 Å². The highest BCUT2D eigenvalue weighted by Gasteiger charge is 2.14. The van der Waals surface area contributed by atoms with Crippen LogP contribution in [0.5, 0.6) is 5.75 Å². The maximum Gasteiger partial charge on any atom is 0.143 e. The van der Waals surface area contributed by atoms with E-state index in [1.165, 1.54) is 0 Å². The number of nitrogens with two attached hydrogens (primary N) is 1. The second-order valence-corrected chi connectivity index (χ2v) is 5.16. The van der Waals surface area contributed by atoms with Gasteiger partial charge in [0.15, 0.2) is 0 Å². The zero-order valence-electron chi connectivity index (χ0n) is 10.7. The second-order valence-electron chi connectivity index (χ2n) is 4.35. The van der Waals surface area contributed by atoms with Crippen molar-refractivity contribution >= 4 is 29.0 Å². The molecule has 0 spiro atoms. The highest BCUT2D eigenvalue weighted by molar-refractivity contribution is 6.37. The zero-order valence-corrected chi connectivity index (χ0v) is 12.2. The van der Waals surface area contributed by atoms with Crippen LogP contribution in [0.15, 0.2) is 30.3 Å². The Labute approximate surface area is 122 Å². The Hall–Kier alpha value is -1.45. The minimum atomic E-state index is 0.0598. The first-order valence-electron chi connectivity index (χ1n) is 5.86. The van der Waals surface area contributed by atoms with Gasteiger partial charge in [0.1, 0.15) is 11.6 Å². The van der Waals surface area contributed by atoms with Crippen molar-refractivity contribution in [3.05, 3.63) is 40.4 Å². The summed E-state index contributed by atoms with van der Waals surface area (Å²) in [6.45, 7) is 3.92. The highest BCUT2D eigenvalue weighted by atomic mass is 35.5. The lowest BCUT2D eigenvalue weighted by Gasteiger charge is -2.15. The monoisotopic (exact) mass is 296 g/mol. The number of halogens is 2. The topological polar surface area (TPSA) is 48.1 Å². The lowest BCUT2D eigenvalue weighted by atomic mass is 10.1. The Kier molecular flexibility index (Phi) is 4.17. The van der Waals surface area contributed by atoms with Crippen molar-refractivity contribution in [1.82, 2.24) is 4.98 Å². The third-order valence-electron chi connectivity index (χ3n) is 2.46. The summed E-state index contributed by atoms with van der Waals surface area (Å²) >= 11 is 12.1. The van der Waals surface area contributed by atoms with Crippen molar-refractivity contribution in [2.24, 2.45) is 0 Å². The average molecular weight is 297 g/mol. The fraction of sp³-hybridized carbons (Fsp3) is 0.214. The molecule has 0 saturated carbocycles. The molecule has 0 aliphatic carbocycles. The Bertz CT molecular complexity index is 600. The number of aromatic nitrogens is 1.